The SMILES string of the molecule is CC(NC(=O)NC1(CC(=O)O)CCC1)c1ncn[nH]1. The summed E-state index contributed by atoms with van der Waals surface area (Å²) in [5, 5.41) is 20.7. The van der Waals surface area contributed by atoms with Crippen LogP contribution < -0.4 is 10.6 Å². The molecular weight excluding hydrogens is 250 g/mol. The second-order valence-electron chi connectivity index (χ2n) is 4.90. The summed E-state index contributed by atoms with van der Waals surface area (Å²) in [5.74, 6) is -0.348. The minimum atomic E-state index is -0.900. The summed E-state index contributed by atoms with van der Waals surface area (Å²) in [6.07, 6.45) is 3.65. The van der Waals surface area contributed by atoms with Crippen molar-refractivity contribution in [3.05, 3.63) is 12.2 Å². The lowest BCUT2D eigenvalue weighted by molar-refractivity contribution is -0.139. The standard InChI is InChI=1S/C11H17N5O3/c1-7(9-12-6-13-16-9)14-10(19)15-11(3-2-4-11)5-8(17)18/h6-7H,2-5H2,1H3,(H,17,18)(H,12,13,16)(H2,14,15,19). The summed E-state index contributed by atoms with van der Waals surface area (Å²) >= 11 is 0. The third-order valence-corrected chi connectivity index (χ3v) is 3.37. The van der Waals surface area contributed by atoms with Gasteiger partial charge in [-0.25, -0.2) is 9.78 Å². The quantitative estimate of drug-likeness (QED) is 0.621. The monoisotopic (exact) mass is 267 g/mol. The third kappa shape index (κ3) is 3.21. The Morgan fingerprint density at radius 2 is 2.32 bits per heavy atom. The summed E-state index contributed by atoms with van der Waals surface area (Å²) in [4.78, 5) is 26.6. The van der Waals surface area contributed by atoms with Gasteiger partial charge in [-0.1, -0.05) is 0 Å². The van der Waals surface area contributed by atoms with Crippen molar-refractivity contribution in [2.75, 3.05) is 0 Å². The van der Waals surface area contributed by atoms with Crippen LogP contribution in [0.5, 0.6) is 0 Å². The van der Waals surface area contributed by atoms with Gasteiger partial charge in [-0.15, -0.1) is 0 Å². The molecule has 8 heteroatoms. The van der Waals surface area contributed by atoms with Gasteiger partial charge in [0.25, 0.3) is 0 Å². The average Bonchev–Trinajstić information content (AvgIpc) is 2.78. The van der Waals surface area contributed by atoms with E-state index in [2.05, 4.69) is 25.8 Å². The highest BCUT2D eigenvalue weighted by atomic mass is 16.4. The molecule has 104 valence electrons. The summed E-state index contributed by atoms with van der Waals surface area (Å²) < 4.78 is 0. The Bertz CT molecular complexity index is 455. The van der Waals surface area contributed by atoms with Gasteiger partial charge < -0.3 is 15.7 Å². The number of nitrogens with zero attached hydrogens (tertiary/aromatic N) is 2. The smallest absolute Gasteiger partial charge is 0.315 e. The topological polar surface area (TPSA) is 120 Å². The van der Waals surface area contributed by atoms with Gasteiger partial charge in [-0.2, -0.15) is 5.10 Å². The number of aromatic nitrogens is 3. The number of carboxylic acid groups (broad SMARTS) is 1. The van der Waals surface area contributed by atoms with Crippen LogP contribution in [0.2, 0.25) is 0 Å². The van der Waals surface area contributed by atoms with E-state index in [9.17, 15) is 9.59 Å². The van der Waals surface area contributed by atoms with Crippen molar-refractivity contribution < 1.29 is 14.7 Å². The van der Waals surface area contributed by atoms with Crippen LogP contribution in [0, 0.1) is 0 Å². The van der Waals surface area contributed by atoms with Gasteiger partial charge in [-0.05, 0) is 26.2 Å². The third-order valence-electron chi connectivity index (χ3n) is 3.37. The first-order valence-electron chi connectivity index (χ1n) is 6.16. The predicted molar refractivity (Wildman–Crippen MR) is 65.3 cm³/mol. The summed E-state index contributed by atoms with van der Waals surface area (Å²) in [5.41, 5.74) is -0.600. The van der Waals surface area contributed by atoms with Crippen molar-refractivity contribution in [3.63, 3.8) is 0 Å². The van der Waals surface area contributed by atoms with E-state index in [0.29, 0.717) is 18.7 Å². The van der Waals surface area contributed by atoms with Crippen molar-refractivity contribution in [2.24, 2.45) is 0 Å². The molecule has 1 heterocycles. The normalized spacial score (nSPS) is 18.2. The zero-order valence-electron chi connectivity index (χ0n) is 10.6. The molecule has 1 saturated carbocycles. The molecule has 1 atom stereocenters. The number of nitrogens with one attached hydrogen (secondary N) is 3. The van der Waals surface area contributed by atoms with Gasteiger partial charge >= 0.3 is 12.0 Å². The van der Waals surface area contributed by atoms with Crippen LogP contribution >= 0.6 is 0 Å². The minimum Gasteiger partial charge on any atom is -0.481 e. The molecule has 2 amide bonds. The fourth-order valence-electron chi connectivity index (χ4n) is 2.20. The van der Waals surface area contributed by atoms with Gasteiger partial charge in [0.1, 0.15) is 12.2 Å². The Hall–Kier alpha value is -2.12. The fourth-order valence-corrected chi connectivity index (χ4v) is 2.20. The summed E-state index contributed by atoms with van der Waals surface area (Å²) in [6, 6.07) is -0.700. The maximum absolute atomic E-state index is 11.9. The Balaban J connectivity index is 1.88. The van der Waals surface area contributed by atoms with Crippen molar-refractivity contribution in [3.8, 4) is 0 Å². The van der Waals surface area contributed by atoms with Crippen LogP contribution in [0.4, 0.5) is 4.79 Å². The zero-order chi connectivity index (χ0) is 13.9. The van der Waals surface area contributed by atoms with E-state index in [1.807, 2.05) is 0 Å². The Labute approximate surface area is 110 Å². The number of hydrogen-bond donors (Lipinski definition) is 4. The number of H-pyrrole nitrogens is 1. The molecule has 0 saturated heterocycles. The second kappa shape index (κ2) is 5.25. The van der Waals surface area contributed by atoms with E-state index >= 15 is 0 Å². The number of urea groups is 1. The Morgan fingerprint density at radius 3 is 2.79 bits per heavy atom. The lowest BCUT2D eigenvalue weighted by Gasteiger charge is -2.41. The maximum atomic E-state index is 11.9. The number of hydrogen-bond acceptors (Lipinski definition) is 4. The number of rotatable bonds is 5. The summed E-state index contributed by atoms with van der Waals surface area (Å²) in [7, 11) is 0. The molecule has 1 fully saturated rings. The van der Waals surface area contributed by atoms with Gasteiger partial charge in [0, 0.05) is 0 Å². The van der Waals surface area contributed by atoms with Crippen LogP contribution in [-0.4, -0.2) is 37.8 Å². The highest BCUT2D eigenvalue weighted by molar-refractivity contribution is 5.77. The van der Waals surface area contributed by atoms with Gasteiger partial charge in [0.05, 0.1) is 18.0 Å². The van der Waals surface area contributed by atoms with Crippen LogP contribution in [0.15, 0.2) is 6.33 Å². The fraction of sp³-hybridized carbons (Fsp3) is 0.636. The first-order chi connectivity index (χ1) is 9.01. The van der Waals surface area contributed by atoms with E-state index < -0.39 is 11.5 Å². The average molecular weight is 267 g/mol. The number of amides is 2. The molecule has 0 aliphatic heterocycles. The van der Waals surface area contributed by atoms with Crippen LogP contribution in [0.25, 0.3) is 0 Å². The number of carbonyl (C=O) groups excluding carboxylic acids is 1. The van der Waals surface area contributed by atoms with Crippen molar-refractivity contribution in [2.45, 2.75) is 44.2 Å². The summed E-state index contributed by atoms with van der Waals surface area (Å²) in [6.45, 7) is 1.77. The van der Waals surface area contributed by atoms with E-state index in [1.165, 1.54) is 6.33 Å². The van der Waals surface area contributed by atoms with Crippen molar-refractivity contribution in [1.82, 2.24) is 25.8 Å². The molecule has 0 bridgehead atoms. The molecular formula is C11H17N5O3. The lowest BCUT2D eigenvalue weighted by atomic mass is 9.74. The highest BCUT2D eigenvalue weighted by Crippen LogP contribution is 2.34. The zero-order valence-corrected chi connectivity index (χ0v) is 10.6. The minimum absolute atomic E-state index is 0.0445. The molecule has 19 heavy (non-hydrogen) atoms. The van der Waals surface area contributed by atoms with Gasteiger partial charge in [0.15, 0.2) is 0 Å². The molecule has 1 aliphatic rings. The Morgan fingerprint density at radius 1 is 1.58 bits per heavy atom. The molecule has 8 nitrogen and oxygen atoms in total. The molecule has 0 aromatic carbocycles. The molecule has 0 spiro atoms. The van der Waals surface area contributed by atoms with E-state index in [4.69, 9.17) is 5.11 Å². The van der Waals surface area contributed by atoms with Gasteiger partial charge in [-0.3, -0.25) is 9.89 Å². The highest BCUT2D eigenvalue weighted by Gasteiger charge is 2.40. The van der Waals surface area contributed by atoms with Crippen LogP contribution in [-0.2, 0) is 4.79 Å². The maximum Gasteiger partial charge on any atom is 0.315 e. The first-order valence-corrected chi connectivity index (χ1v) is 6.16. The Kier molecular flexibility index (Phi) is 3.68. The largest absolute Gasteiger partial charge is 0.481 e. The molecule has 1 aromatic rings. The molecule has 2 rings (SSSR count). The van der Waals surface area contributed by atoms with Crippen molar-refractivity contribution in [1.29, 1.82) is 0 Å². The van der Waals surface area contributed by atoms with Crippen molar-refractivity contribution >= 4 is 12.0 Å². The molecule has 1 aromatic heterocycles. The molecule has 1 aliphatic carbocycles. The first kappa shape index (κ1) is 13.3. The van der Waals surface area contributed by atoms with Crippen LogP contribution in [0.1, 0.15) is 44.5 Å². The predicted octanol–water partition coefficient (Wildman–Crippen LogP) is 0.562. The number of carboxylic acids is 1. The lowest BCUT2D eigenvalue weighted by Crippen LogP contribution is -2.57. The second-order valence-corrected chi connectivity index (χ2v) is 4.90. The number of carbonyl (C=O) groups is 2. The van der Waals surface area contributed by atoms with Gasteiger partial charge in [0.2, 0.25) is 0 Å². The van der Waals surface area contributed by atoms with Crippen LogP contribution in [0.3, 0.4) is 0 Å². The van der Waals surface area contributed by atoms with E-state index in [0.717, 1.165) is 6.42 Å². The molecule has 0 radical (unpaired) electrons. The molecule has 4 N–H and O–H groups in total. The van der Waals surface area contributed by atoms with E-state index in [-0.39, 0.29) is 18.5 Å². The van der Waals surface area contributed by atoms with E-state index in [1.54, 1.807) is 6.92 Å². The molecule has 1 unspecified atom stereocenters. The number of aliphatic carboxylic acids is 1. The number of aromatic amines is 1.